The van der Waals surface area contributed by atoms with Crippen LogP contribution in [0.25, 0.3) is 6.08 Å². The van der Waals surface area contributed by atoms with Crippen molar-refractivity contribution in [1.29, 1.82) is 0 Å². The lowest BCUT2D eigenvalue weighted by atomic mass is 10.2. The Bertz CT molecular complexity index is 869. The van der Waals surface area contributed by atoms with Crippen LogP contribution < -0.4 is 5.32 Å². The van der Waals surface area contributed by atoms with Gasteiger partial charge in [0.2, 0.25) is 11.8 Å². The van der Waals surface area contributed by atoms with E-state index in [1.165, 1.54) is 6.08 Å². The molecule has 28 heavy (non-hydrogen) atoms. The zero-order valence-electron chi connectivity index (χ0n) is 15.3. The molecule has 0 radical (unpaired) electrons. The molecular formula is C19H20Cl2N4O3. The number of rotatable bonds is 5. The first-order valence-corrected chi connectivity index (χ1v) is 9.53. The second-order valence-electron chi connectivity index (χ2n) is 6.51. The summed E-state index contributed by atoms with van der Waals surface area (Å²) in [6, 6.07) is 6.78. The van der Waals surface area contributed by atoms with E-state index in [2.05, 4.69) is 10.5 Å². The molecule has 1 fully saturated rings. The van der Waals surface area contributed by atoms with Crippen LogP contribution in [0.3, 0.4) is 0 Å². The molecule has 3 rings (SSSR count). The molecule has 0 spiro atoms. The second-order valence-corrected chi connectivity index (χ2v) is 7.38. The summed E-state index contributed by atoms with van der Waals surface area (Å²) < 4.78 is 4.92. The van der Waals surface area contributed by atoms with Gasteiger partial charge in [-0.1, -0.05) is 28.4 Å². The fraction of sp³-hybridized carbons (Fsp3) is 0.316. The van der Waals surface area contributed by atoms with Crippen LogP contribution in [0.1, 0.15) is 11.3 Å². The number of nitrogens with zero attached hydrogens (tertiary/aromatic N) is 3. The highest BCUT2D eigenvalue weighted by molar-refractivity contribution is 6.34. The van der Waals surface area contributed by atoms with Gasteiger partial charge in [-0.05, 0) is 36.8 Å². The Labute approximate surface area is 172 Å². The van der Waals surface area contributed by atoms with Gasteiger partial charge in [0, 0.05) is 48.4 Å². The van der Waals surface area contributed by atoms with Crippen LogP contribution in [0.2, 0.25) is 10.0 Å². The van der Waals surface area contributed by atoms with Crippen LogP contribution in [-0.4, -0.2) is 59.5 Å². The van der Waals surface area contributed by atoms with Gasteiger partial charge in [-0.3, -0.25) is 14.5 Å². The average molecular weight is 423 g/mol. The number of carbonyl (C=O) groups excluding carboxylic acids is 2. The van der Waals surface area contributed by atoms with E-state index in [0.29, 0.717) is 47.8 Å². The molecule has 0 unspecified atom stereocenters. The van der Waals surface area contributed by atoms with Gasteiger partial charge in [-0.25, -0.2) is 0 Å². The third-order valence-corrected chi connectivity index (χ3v) is 4.69. The molecule has 0 bridgehead atoms. The van der Waals surface area contributed by atoms with E-state index in [-0.39, 0.29) is 18.4 Å². The maximum absolute atomic E-state index is 12.4. The molecule has 2 aromatic rings. The van der Waals surface area contributed by atoms with Crippen molar-refractivity contribution >= 4 is 46.9 Å². The van der Waals surface area contributed by atoms with Gasteiger partial charge in [0.15, 0.2) is 5.82 Å². The van der Waals surface area contributed by atoms with E-state index >= 15 is 0 Å². The topological polar surface area (TPSA) is 78.7 Å². The van der Waals surface area contributed by atoms with Crippen molar-refractivity contribution in [2.24, 2.45) is 0 Å². The molecule has 1 aromatic carbocycles. The zero-order chi connectivity index (χ0) is 20.1. The van der Waals surface area contributed by atoms with Gasteiger partial charge in [0.1, 0.15) is 5.76 Å². The van der Waals surface area contributed by atoms with E-state index in [9.17, 15) is 9.59 Å². The fourth-order valence-electron chi connectivity index (χ4n) is 2.88. The van der Waals surface area contributed by atoms with Crippen LogP contribution in [0.5, 0.6) is 0 Å². The third-order valence-electron chi connectivity index (χ3n) is 4.25. The van der Waals surface area contributed by atoms with Crippen molar-refractivity contribution in [3.8, 4) is 0 Å². The van der Waals surface area contributed by atoms with E-state index in [1.54, 1.807) is 42.2 Å². The van der Waals surface area contributed by atoms with Crippen LogP contribution >= 0.6 is 23.2 Å². The van der Waals surface area contributed by atoms with Crippen molar-refractivity contribution in [3.63, 3.8) is 0 Å². The monoisotopic (exact) mass is 422 g/mol. The standard InChI is InChI=1S/C19H20Cl2N4O3/c1-13-8-17(23-28-13)22-18(26)12-24-4-6-25(7-5-24)19(27)3-2-14-9-15(20)11-16(21)10-14/h2-3,8-11H,4-7,12H2,1H3,(H,22,23,26). The van der Waals surface area contributed by atoms with Crippen LogP contribution in [0.4, 0.5) is 5.82 Å². The SMILES string of the molecule is Cc1cc(NC(=O)CN2CCN(C(=O)C=Cc3cc(Cl)cc(Cl)c3)CC2)no1. The van der Waals surface area contributed by atoms with Crippen molar-refractivity contribution in [2.75, 3.05) is 38.0 Å². The molecule has 9 heteroatoms. The summed E-state index contributed by atoms with van der Waals surface area (Å²) in [5.74, 6) is 0.794. The molecule has 1 aliphatic rings. The van der Waals surface area contributed by atoms with Crippen molar-refractivity contribution < 1.29 is 14.1 Å². The lowest BCUT2D eigenvalue weighted by molar-refractivity contribution is -0.127. The molecule has 1 aliphatic heterocycles. The van der Waals surface area contributed by atoms with Gasteiger partial charge in [-0.15, -0.1) is 0 Å². The summed E-state index contributed by atoms with van der Waals surface area (Å²) >= 11 is 11.9. The van der Waals surface area contributed by atoms with Gasteiger partial charge in [0.25, 0.3) is 0 Å². The molecule has 1 N–H and O–H groups in total. The predicted octanol–water partition coefficient (Wildman–Crippen LogP) is 3.09. The number of hydrogen-bond acceptors (Lipinski definition) is 5. The highest BCUT2D eigenvalue weighted by Gasteiger charge is 2.21. The predicted molar refractivity (Wildman–Crippen MR) is 108 cm³/mol. The summed E-state index contributed by atoms with van der Waals surface area (Å²) in [5.41, 5.74) is 0.768. The number of benzene rings is 1. The fourth-order valence-corrected chi connectivity index (χ4v) is 3.42. The summed E-state index contributed by atoms with van der Waals surface area (Å²) in [6.45, 7) is 4.34. The number of amides is 2. The third kappa shape index (κ3) is 5.82. The Balaban J connectivity index is 1.45. The molecule has 0 atom stereocenters. The van der Waals surface area contributed by atoms with Gasteiger partial charge >= 0.3 is 0 Å². The number of aromatic nitrogens is 1. The molecule has 2 heterocycles. The Kier molecular flexibility index (Phi) is 6.72. The van der Waals surface area contributed by atoms with Gasteiger partial charge in [-0.2, -0.15) is 0 Å². The minimum atomic E-state index is -0.161. The Morgan fingerprint density at radius 1 is 1.14 bits per heavy atom. The number of hydrogen-bond donors (Lipinski definition) is 1. The van der Waals surface area contributed by atoms with Gasteiger partial charge in [0.05, 0.1) is 6.54 Å². The average Bonchev–Trinajstić information content (AvgIpc) is 3.04. The molecule has 7 nitrogen and oxygen atoms in total. The Morgan fingerprint density at radius 3 is 2.43 bits per heavy atom. The lowest BCUT2D eigenvalue weighted by Crippen LogP contribution is -2.50. The van der Waals surface area contributed by atoms with E-state index in [1.807, 2.05) is 4.90 Å². The molecule has 1 saturated heterocycles. The number of carbonyl (C=O) groups is 2. The Morgan fingerprint density at radius 2 is 1.82 bits per heavy atom. The number of piperazine rings is 1. The first-order chi connectivity index (χ1) is 13.4. The summed E-state index contributed by atoms with van der Waals surface area (Å²) in [4.78, 5) is 28.2. The largest absolute Gasteiger partial charge is 0.360 e. The van der Waals surface area contributed by atoms with E-state index in [0.717, 1.165) is 5.56 Å². The lowest BCUT2D eigenvalue weighted by Gasteiger charge is -2.33. The van der Waals surface area contributed by atoms with Crippen LogP contribution in [-0.2, 0) is 9.59 Å². The first kappa shape index (κ1) is 20.4. The quantitative estimate of drug-likeness (QED) is 0.748. The maximum atomic E-state index is 12.4. The molecule has 148 valence electrons. The zero-order valence-corrected chi connectivity index (χ0v) is 16.8. The van der Waals surface area contributed by atoms with Gasteiger partial charge < -0.3 is 14.7 Å². The smallest absolute Gasteiger partial charge is 0.246 e. The molecule has 0 saturated carbocycles. The van der Waals surface area contributed by atoms with Crippen LogP contribution in [0, 0.1) is 6.92 Å². The Hall–Kier alpha value is -2.35. The number of anilines is 1. The van der Waals surface area contributed by atoms with E-state index < -0.39 is 0 Å². The minimum Gasteiger partial charge on any atom is -0.360 e. The minimum absolute atomic E-state index is 0.0849. The molecular weight excluding hydrogens is 403 g/mol. The summed E-state index contributed by atoms with van der Waals surface area (Å²) in [7, 11) is 0. The van der Waals surface area contributed by atoms with Crippen molar-refractivity contribution in [1.82, 2.24) is 15.0 Å². The highest BCUT2D eigenvalue weighted by atomic mass is 35.5. The molecule has 0 aliphatic carbocycles. The number of nitrogens with one attached hydrogen (secondary N) is 1. The second kappa shape index (κ2) is 9.23. The molecule has 1 aromatic heterocycles. The van der Waals surface area contributed by atoms with Crippen molar-refractivity contribution in [2.45, 2.75) is 6.92 Å². The summed E-state index contributed by atoms with van der Waals surface area (Å²) in [6.07, 6.45) is 3.21. The number of halogens is 2. The normalized spacial score (nSPS) is 15.2. The number of aryl methyl sites for hydroxylation is 1. The van der Waals surface area contributed by atoms with Crippen molar-refractivity contribution in [3.05, 3.63) is 51.7 Å². The molecule has 2 amide bonds. The first-order valence-electron chi connectivity index (χ1n) is 8.77. The highest BCUT2D eigenvalue weighted by Crippen LogP contribution is 2.20. The summed E-state index contributed by atoms with van der Waals surface area (Å²) in [5, 5.41) is 7.47. The maximum Gasteiger partial charge on any atom is 0.246 e. The van der Waals surface area contributed by atoms with E-state index in [4.69, 9.17) is 27.7 Å². The van der Waals surface area contributed by atoms with Crippen LogP contribution in [0.15, 0.2) is 34.9 Å².